The lowest BCUT2D eigenvalue weighted by molar-refractivity contribution is 0.377. The maximum absolute atomic E-state index is 4.40. The molecule has 0 saturated carbocycles. The summed E-state index contributed by atoms with van der Waals surface area (Å²) >= 11 is 0. The molecule has 3 rings (SSSR count). The van der Waals surface area contributed by atoms with Gasteiger partial charge in [-0.25, -0.2) is 0 Å². The van der Waals surface area contributed by atoms with Gasteiger partial charge in [-0.15, -0.1) is 0 Å². The van der Waals surface area contributed by atoms with Gasteiger partial charge in [0.05, 0.1) is 5.69 Å². The van der Waals surface area contributed by atoms with Gasteiger partial charge in [0.15, 0.2) is 0 Å². The van der Waals surface area contributed by atoms with Gasteiger partial charge in [-0.05, 0) is 42.9 Å². The van der Waals surface area contributed by atoms with E-state index in [-0.39, 0.29) is 11.5 Å². The smallest absolute Gasteiger partial charge is 0.0753 e. The Morgan fingerprint density at radius 2 is 1.76 bits per heavy atom. The number of anilines is 1. The van der Waals surface area contributed by atoms with E-state index in [1.54, 1.807) is 12.4 Å². The molecule has 2 heterocycles. The number of aromatic nitrogens is 2. The molecule has 0 aliphatic carbocycles. The van der Waals surface area contributed by atoms with Crippen LogP contribution in [-0.2, 0) is 5.41 Å². The van der Waals surface area contributed by atoms with Crippen molar-refractivity contribution in [3.63, 3.8) is 0 Å². The Labute approximate surface area is 151 Å². The second-order valence-corrected chi connectivity index (χ2v) is 8.08. The Kier molecular flexibility index (Phi) is 5.38. The van der Waals surface area contributed by atoms with Crippen LogP contribution in [0.5, 0.6) is 0 Å². The van der Waals surface area contributed by atoms with Crippen LogP contribution in [0.3, 0.4) is 0 Å². The molecule has 0 amide bonds. The molecule has 1 aromatic carbocycles. The van der Waals surface area contributed by atoms with E-state index < -0.39 is 0 Å². The summed E-state index contributed by atoms with van der Waals surface area (Å²) in [4.78, 5) is 11.1. The van der Waals surface area contributed by atoms with Gasteiger partial charge >= 0.3 is 0 Å². The molecular formula is C21H30N4. The van der Waals surface area contributed by atoms with Crippen LogP contribution < -0.4 is 10.2 Å². The fourth-order valence-corrected chi connectivity index (χ4v) is 3.45. The van der Waals surface area contributed by atoms with Gasteiger partial charge in [-0.1, -0.05) is 32.9 Å². The number of nitrogens with zero attached hydrogens (tertiary/aromatic N) is 3. The Balaban J connectivity index is 1.53. The van der Waals surface area contributed by atoms with Crippen LogP contribution in [0.15, 0.2) is 42.9 Å². The molecule has 134 valence electrons. The van der Waals surface area contributed by atoms with Crippen LogP contribution >= 0.6 is 0 Å². The standard InChI is InChI=1S/C21H30N4/c1-16(20-15-22-11-12-23-20)24-18-9-13-25(14-10-18)19-7-5-17(6-8-19)21(2,3)4/h5-8,11-12,15-16,18,24H,9-10,13-14H2,1-4H3/t16-/m1/s1. The van der Waals surface area contributed by atoms with Crippen LogP contribution in [0.1, 0.15) is 57.8 Å². The molecule has 0 spiro atoms. The molecule has 4 nitrogen and oxygen atoms in total. The highest BCUT2D eigenvalue weighted by Gasteiger charge is 2.22. The molecule has 0 unspecified atom stereocenters. The van der Waals surface area contributed by atoms with E-state index in [0.29, 0.717) is 6.04 Å². The third kappa shape index (κ3) is 4.57. The van der Waals surface area contributed by atoms with Crippen LogP contribution in [0.4, 0.5) is 5.69 Å². The Morgan fingerprint density at radius 3 is 2.32 bits per heavy atom. The quantitative estimate of drug-likeness (QED) is 0.911. The fraction of sp³-hybridized carbons (Fsp3) is 0.524. The van der Waals surface area contributed by atoms with E-state index >= 15 is 0 Å². The summed E-state index contributed by atoms with van der Waals surface area (Å²) in [6.45, 7) is 11.1. The molecule has 1 aliphatic heterocycles. The van der Waals surface area contributed by atoms with Crippen molar-refractivity contribution in [3.8, 4) is 0 Å². The van der Waals surface area contributed by atoms with Gasteiger partial charge in [0.2, 0.25) is 0 Å². The molecular weight excluding hydrogens is 308 g/mol. The highest BCUT2D eigenvalue weighted by molar-refractivity contribution is 5.49. The minimum Gasteiger partial charge on any atom is -0.371 e. The summed E-state index contributed by atoms with van der Waals surface area (Å²) in [5, 5.41) is 3.71. The Hall–Kier alpha value is -1.94. The summed E-state index contributed by atoms with van der Waals surface area (Å²) in [6, 6.07) is 9.89. The van der Waals surface area contributed by atoms with E-state index in [0.717, 1.165) is 31.6 Å². The Bertz CT molecular complexity index is 653. The van der Waals surface area contributed by atoms with Gasteiger partial charge in [0.1, 0.15) is 0 Å². The first-order chi connectivity index (χ1) is 11.9. The highest BCUT2D eigenvalue weighted by Crippen LogP contribution is 2.26. The van der Waals surface area contributed by atoms with Crippen molar-refractivity contribution in [1.29, 1.82) is 0 Å². The average molecular weight is 338 g/mol. The monoisotopic (exact) mass is 338 g/mol. The topological polar surface area (TPSA) is 41.0 Å². The van der Waals surface area contributed by atoms with E-state index in [4.69, 9.17) is 0 Å². The van der Waals surface area contributed by atoms with Crippen molar-refractivity contribution < 1.29 is 0 Å². The predicted molar refractivity (Wildman–Crippen MR) is 104 cm³/mol. The number of piperidine rings is 1. The first-order valence-corrected chi connectivity index (χ1v) is 9.31. The highest BCUT2D eigenvalue weighted by atomic mass is 15.1. The number of hydrogen-bond donors (Lipinski definition) is 1. The molecule has 1 fully saturated rings. The summed E-state index contributed by atoms with van der Waals surface area (Å²) in [7, 11) is 0. The average Bonchev–Trinajstić information content (AvgIpc) is 2.62. The first-order valence-electron chi connectivity index (χ1n) is 9.31. The van der Waals surface area contributed by atoms with E-state index in [9.17, 15) is 0 Å². The van der Waals surface area contributed by atoms with Gasteiger partial charge < -0.3 is 10.2 Å². The number of rotatable bonds is 4. The maximum Gasteiger partial charge on any atom is 0.0753 e. The second kappa shape index (κ2) is 7.52. The minimum absolute atomic E-state index is 0.214. The normalized spacial score (nSPS) is 17.5. The number of nitrogens with one attached hydrogen (secondary N) is 1. The lowest BCUT2D eigenvalue weighted by Gasteiger charge is -2.35. The van der Waals surface area contributed by atoms with Crippen LogP contribution in [0.2, 0.25) is 0 Å². The van der Waals surface area contributed by atoms with Gasteiger partial charge in [-0.3, -0.25) is 9.97 Å². The molecule has 1 aliphatic rings. The van der Waals surface area contributed by atoms with Crippen molar-refractivity contribution in [2.45, 2.75) is 58.0 Å². The summed E-state index contributed by atoms with van der Waals surface area (Å²) < 4.78 is 0. The number of hydrogen-bond acceptors (Lipinski definition) is 4. The first kappa shape index (κ1) is 17.9. The molecule has 0 bridgehead atoms. The third-order valence-electron chi connectivity index (χ3n) is 5.11. The molecule has 1 N–H and O–H groups in total. The molecule has 1 aromatic heterocycles. The molecule has 4 heteroatoms. The molecule has 2 aromatic rings. The zero-order valence-corrected chi connectivity index (χ0v) is 15.9. The Morgan fingerprint density at radius 1 is 1.08 bits per heavy atom. The second-order valence-electron chi connectivity index (χ2n) is 8.08. The lowest BCUT2D eigenvalue weighted by Crippen LogP contribution is -2.43. The molecule has 0 radical (unpaired) electrons. The molecule has 25 heavy (non-hydrogen) atoms. The lowest BCUT2D eigenvalue weighted by atomic mass is 9.87. The minimum atomic E-state index is 0.214. The van der Waals surface area contributed by atoms with Crippen molar-refractivity contribution in [2.75, 3.05) is 18.0 Å². The van der Waals surface area contributed by atoms with E-state index in [1.807, 2.05) is 6.20 Å². The van der Waals surface area contributed by atoms with Crippen LogP contribution in [0.25, 0.3) is 0 Å². The van der Waals surface area contributed by atoms with Crippen molar-refractivity contribution in [1.82, 2.24) is 15.3 Å². The van der Waals surface area contributed by atoms with Crippen molar-refractivity contribution in [2.24, 2.45) is 0 Å². The summed E-state index contributed by atoms with van der Waals surface area (Å²) in [5.74, 6) is 0. The zero-order valence-electron chi connectivity index (χ0n) is 15.9. The van der Waals surface area contributed by atoms with Gasteiger partial charge in [-0.2, -0.15) is 0 Å². The van der Waals surface area contributed by atoms with Crippen molar-refractivity contribution >= 4 is 5.69 Å². The van der Waals surface area contributed by atoms with Crippen LogP contribution in [-0.4, -0.2) is 29.1 Å². The van der Waals surface area contributed by atoms with Crippen LogP contribution in [0, 0.1) is 0 Å². The zero-order chi connectivity index (χ0) is 17.9. The molecule has 1 atom stereocenters. The summed E-state index contributed by atoms with van der Waals surface area (Å²) in [5.41, 5.74) is 3.97. The largest absolute Gasteiger partial charge is 0.371 e. The third-order valence-corrected chi connectivity index (χ3v) is 5.11. The summed E-state index contributed by atoms with van der Waals surface area (Å²) in [6.07, 6.45) is 7.65. The van der Waals surface area contributed by atoms with E-state index in [2.05, 4.69) is 72.1 Å². The predicted octanol–water partition coefficient (Wildman–Crippen LogP) is 4.09. The SMILES string of the molecule is C[C@@H](NC1CCN(c2ccc(C(C)(C)C)cc2)CC1)c1cnccn1. The molecule has 1 saturated heterocycles. The fourth-order valence-electron chi connectivity index (χ4n) is 3.45. The van der Waals surface area contributed by atoms with Crippen molar-refractivity contribution in [3.05, 3.63) is 54.1 Å². The maximum atomic E-state index is 4.40. The van der Waals surface area contributed by atoms with E-state index in [1.165, 1.54) is 11.3 Å². The van der Waals surface area contributed by atoms with Gasteiger partial charge in [0.25, 0.3) is 0 Å². The van der Waals surface area contributed by atoms with Gasteiger partial charge in [0, 0.05) is 49.5 Å². The number of benzene rings is 1.